The van der Waals surface area contributed by atoms with Crippen molar-refractivity contribution in [3.63, 3.8) is 0 Å². The Morgan fingerprint density at radius 1 is 1.06 bits per heavy atom. The molecule has 1 aromatic heterocycles. The molecule has 2 aromatic carbocycles. The third-order valence-electron chi connectivity index (χ3n) is 5.58. The van der Waals surface area contributed by atoms with Crippen molar-refractivity contribution in [2.75, 3.05) is 26.1 Å². The SMILES string of the molecule is COc1cc(F)c(OCC2(c3ccccc3)CC2C(=O)Nc2ccccn2)cc1OC. The molecule has 0 bridgehead atoms. The van der Waals surface area contributed by atoms with Gasteiger partial charge in [-0.3, -0.25) is 4.79 Å². The first-order valence-electron chi connectivity index (χ1n) is 9.89. The summed E-state index contributed by atoms with van der Waals surface area (Å²) in [6, 6.07) is 17.7. The predicted molar refractivity (Wildman–Crippen MR) is 114 cm³/mol. The number of nitrogens with zero attached hydrogens (tertiary/aromatic N) is 1. The number of carbonyl (C=O) groups is 1. The van der Waals surface area contributed by atoms with Gasteiger partial charge in [-0.05, 0) is 24.1 Å². The van der Waals surface area contributed by atoms with Gasteiger partial charge in [0.15, 0.2) is 23.1 Å². The van der Waals surface area contributed by atoms with E-state index in [0.29, 0.717) is 18.0 Å². The predicted octanol–water partition coefficient (Wildman–Crippen LogP) is 4.21. The first-order chi connectivity index (χ1) is 15.1. The van der Waals surface area contributed by atoms with Crippen molar-refractivity contribution < 1.29 is 23.4 Å². The maximum Gasteiger partial charge on any atom is 0.229 e. The highest BCUT2D eigenvalue weighted by molar-refractivity contribution is 5.95. The third-order valence-corrected chi connectivity index (χ3v) is 5.58. The molecule has 1 aliphatic carbocycles. The van der Waals surface area contributed by atoms with Crippen molar-refractivity contribution in [2.24, 2.45) is 5.92 Å². The zero-order valence-electron chi connectivity index (χ0n) is 17.3. The summed E-state index contributed by atoms with van der Waals surface area (Å²) in [7, 11) is 2.92. The van der Waals surface area contributed by atoms with Gasteiger partial charge in [-0.2, -0.15) is 0 Å². The molecule has 4 rings (SSSR count). The van der Waals surface area contributed by atoms with Crippen molar-refractivity contribution in [1.82, 2.24) is 4.98 Å². The van der Waals surface area contributed by atoms with Gasteiger partial charge in [0.1, 0.15) is 5.82 Å². The zero-order valence-corrected chi connectivity index (χ0v) is 17.3. The Kier molecular flexibility index (Phi) is 5.75. The average molecular weight is 422 g/mol. The van der Waals surface area contributed by atoms with Gasteiger partial charge in [-0.25, -0.2) is 9.37 Å². The topological polar surface area (TPSA) is 69.7 Å². The number of methoxy groups -OCH3 is 2. The van der Waals surface area contributed by atoms with Crippen LogP contribution in [0.4, 0.5) is 10.2 Å². The molecule has 6 nitrogen and oxygen atoms in total. The Balaban J connectivity index is 1.56. The van der Waals surface area contributed by atoms with E-state index in [0.717, 1.165) is 5.56 Å². The second-order valence-corrected chi connectivity index (χ2v) is 7.41. The molecule has 1 fully saturated rings. The van der Waals surface area contributed by atoms with Crippen molar-refractivity contribution in [2.45, 2.75) is 11.8 Å². The van der Waals surface area contributed by atoms with Crippen molar-refractivity contribution >= 4 is 11.7 Å². The zero-order chi connectivity index (χ0) is 21.8. The highest BCUT2D eigenvalue weighted by Crippen LogP contribution is 2.55. The lowest BCUT2D eigenvalue weighted by molar-refractivity contribution is -0.117. The maximum atomic E-state index is 14.5. The fourth-order valence-corrected chi connectivity index (χ4v) is 3.78. The standard InChI is InChI=1S/C24H23FN2O4/c1-29-20-12-18(25)19(13-21(20)30-2)31-15-24(16-8-4-3-5-9-16)14-17(24)23(28)27-22-10-6-7-11-26-22/h3-13,17H,14-15H2,1-2H3,(H,26,27,28). The summed E-state index contributed by atoms with van der Waals surface area (Å²) in [6.07, 6.45) is 2.21. The highest BCUT2D eigenvalue weighted by Gasteiger charge is 2.60. The van der Waals surface area contributed by atoms with E-state index in [1.165, 1.54) is 26.4 Å². The number of amides is 1. The lowest BCUT2D eigenvalue weighted by Crippen LogP contribution is -2.26. The molecule has 1 N–H and O–H groups in total. The monoisotopic (exact) mass is 422 g/mol. The Morgan fingerprint density at radius 2 is 1.77 bits per heavy atom. The number of benzene rings is 2. The van der Waals surface area contributed by atoms with E-state index in [1.54, 1.807) is 18.3 Å². The number of hydrogen-bond donors (Lipinski definition) is 1. The Bertz CT molecular complexity index is 1060. The number of nitrogens with one attached hydrogen (secondary N) is 1. The summed E-state index contributed by atoms with van der Waals surface area (Å²) in [5, 5.41) is 2.86. The number of hydrogen-bond acceptors (Lipinski definition) is 5. The van der Waals surface area contributed by atoms with Crippen LogP contribution in [0.1, 0.15) is 12.0 Å². The molecule has 0 spiro atoms. The third kappa shape index (κ3) is 4.17. The van der Waals surface area contributed by atoms with Crippen LogP contribution in [-0.4, -0.2) is 31.7 Å². The van der Waals surface area contributed by atoms with E-state index in [-0.39, 0.29) is 29.9 Å². The van der Waals surface area contributed by atoms with Gasteiger partial charge in [0, 0.05) is 23.7 Å². The molecule has 31 heavy (non-hydrogen) atoms. The summed E-state index contributed by atoms with van der Waals surface area (Å²) in [5.41, 5.74) is 0.414. The number of pyridine rings is 1. The first kappa shape index (κ1) is 20.7. The van der Waals surface area contributed by atoms with E-state index in [4.69, 9.17) is 14.2 Å². The van der Waals surface area contributed by atoms with Crippen LogP contribution in [0.2, 0.25) is 0 Å². The number of ether oxygens (including phenoxy) is 3. The molecule has 1 heterocycles. The largest absolute Gasteiger partial charge is 0.493 e. The number of aromatic nitrogens is 1. The molecule has 0 saturated heterocycles. The Hall–Kier alpha value is -3.61. The Labute approximate surface area is 180 Å². The second-order valence-electron chi connectivity index (χ2n) is 7.41. The molecule has 2 unspecified atom stereocenters. The molecular formula is C24H23FN2O4. The van der Waals surface area contributed by atoms with Gasteiger partial charge in [0.2, 0.25) is 5.91 Å². The summed E-state index contributed by atoms with van der Waals surface area (Å²) in [6.45, 7) is 0.143. The average Bonchev–Trinajstić information content (AvgIpc) is 3.55. The van der Waals surface area contributed by atoms with E-state index < -0.39 is 11.2 Å². The van der Waals surface area contributed by atoms with Crippen molar-refractivity contribution in [3.8, 4) is 17.2 Å². The number of halogens is 1. The molecule has 2 atom stereocenters. The molecule has 3 aromatic rings. The van der Waals surface area contributed by atoms with E-state index in [9.17, 15) is 9.18 Å². The minimum absolute atomic E-state index is 0.0451. The summed E-state index contributed by atoms with van der Waals surface area (Å²) < 4.78 is 30.8. The number of carbonyl (C=O) groups excluding carboxylic acids is 1. The van der Waals surface area contributed by atoms with Gasteiger partial charge in [0.05, 0.1) is 26.7 Å². The maximum absolute atomic E-state index is 14.5. The lowest BCUT2D eigenvalue weighted by atomic mass is 9.93. The van der Waals surface area contributed by atoms with Crippen LogP contribution in [0.25, 0.3) is 0 Å². The van der Waals surface area contributed by atoms with E-state index in [2.05, 4.69) is 10.3 Å². The van der Waals surface area contributed by atoms with Crippen molar-refractivity contribution in [3.05, 3.63) is 78.2 Å². The number of rotatable bonds is 8. The van der Waals surface area contributed by atoms with Gasteiger partial charge < -0.3 is 19.5 Å². The van der Waals surface area contributed by atoms with Crippen molar-refractivity contribution in [1.29, 1.82) is 0 Å². The first-order valence-corrected chi connectivity index (χ1v) is 9.89. The smallest absolute Gasteiger partial charge is 0.229 e. The van der Waals surface area contributed by atoms with Gasteiger partial charge >= 0.3 is 0 Å². The van der Waals surface area contributed by atoms with Crippen LogP contribution >= 0.6 is 0 Å². The second kappa shape index (κ2) is 8.63. The van der Waals surface area contributed by atoms with E-state index in [1.807, 2.05) is 36.4 Å². The fourth-order valence-electron chi connectivity index (χ4n) is 3.78. The van der Waals surface area contributed by atoms with Gasteiger partial charge in [-0.1, -0.05) is 36.4 Å². The van der Waals surface area contributed by atoms with Gasteiger partial charge in [-0.15, -0.1) is 0 Å². The molecule has 0 aliphatic heterocycles. The van der Waals surface area contributed by atoms with Crippen LogP contribution < -0.4 is 19.5 Å². The molecule has 0 radical (unpaired) electrons. The molecule has 1 amide bonds. The molecule has 1 saturated carbocycles. The molecular weight excluding hydrogens is 399 g/mol. The highest BCUT2D eigenvalue weighted by atomic mass is 19.1. The van der Waals surface area contributed by atoms with Crippen LogP contribution in [0.3, 0.4) is 0 Å². The van der Waals surface area contributed by atoms with Crippen LogP contribution in [0, 0.1) is 11.7 Å². The summed E-state index contributed by atoms with van der Waals surface area (Å²) in [5.74, 6) is 0.170. The van der Waals surface area contributed by atoms with Crippen LogP contribution in [0.5, 0.6) is 17.2 Å². The summed E-state index contributed by atoms with van der Waals surface area (Å²) in [4.78, 5) is 17.1. The van der Waals surface area contributed by atoms with Crippen LogP contribution in [-0.2, 0) is 10.2 Å². The van der Waals surface area contributed by atoms with E-state index >= 15 is 0 Å². The quantitative estimate of drug-likeness (QED) is 0.589. The van der Waals surface area contributed by atoms with Crippen LogP contribution in [0.15, 0.2) is 66.9 Å². The number of anilines is 1. The normalized spacial score (nSPS) is 19.4. The lowest BCUT2D eigenvalue weighted by Gasteiger charge is -2.20. The van der Waals surface area contributed by atoms with Gasteiger partial charge in [0.25, 0.3) is 0 Å². The fraction of sp³-hybridized carbons (Fsp3) is 0.250. The minimum atomic E-state index is -0.559. The minimum Gasteiger partial charge on any atom is -0.493 e. The molecule has 7 heteroatoms. The molecule has 1 aliphatic rings. The molecule has 160 valence electrons. The Morgan fingerprint density at radius 3 is 2.45 bits per heavy atom. The summed E-state index contributed by atoms with van der Waals surface area (Å²) >= 11 is 0.